The maximum Gasteiger partial charge on any atom is 0.357 e. The van der Waals surface area contributed by atoms with E-state index in [0.717, 1.165) is 33.2 Å². The van der Waals surface area contributed by atoms with Crippen LogP contribution in [0.4, 0.5) is 16.8 Å². The summed E-state index contributed by atoms with van der Waals surface area (Å²) in [6.45, 7) is 12.3. The van der Waals surface area contributed by atoms with Gasteiger partial charge in [0.1, 0.15) is 6.73 Å². The Bertz CT molecular complexity index is 1460. The fourth-order valence-corrected chi connectivity index (χ4v) is 5.95. The number of benzene rings is 1. The van der Waals surface area contributed by atoms with E-state index in [-0.39, 0.29) is 5.69 Å². The molecule has 0 aliphatic rings. The van der Waals surface area contributed by atoms with Gasteiger partial charge in [-0.3, -0.25) is 4.57 Å². The van der Waals surface area contributed by atoms with Gasteiger partial charge in [-0.05, 0) is 43.7 Å². The van der Waals surface area contributed by atoms with Gasteiger partial charge in [-0.25, -0.2) is 9.78 Å². The lowest BCUT2D eigenvalue weighted by atomic mass is 10.3. The summed E-state index contributed by atoms with van der Waals surface area (Å²) in [5.41, 5.74) is 2.25. The molecule has 0 aliphatic carbocycles. The van der Waals surface area contributed by atoms with E-state index in [4.69, 9.17) is 14.5 Å². The fraction of sp³-hybridized carbons (Fsp3) is 0.400. The maximum absolute atomic E-state index is 12.0. The van der Waals surface area contributed by atoms with Crippen molar-refractivity contribution in [3.63, 3.8) is 0 Å². The van der Waals surface area contributed by atoms with Crippen molar-refractivity contribution >= 4 is 63.7 Å². The molecule has 0 bridgehead atoms. The van der Waals surface area contributed by atoms with E-state index in [2.05, 4.69) is 51.5 Å². The van der Waals surface area contributed by atoms with Crippen LogP contribution in [0.15, 0.2) is 40.7 Å². The van der Waals surface area contributed by atoms with Gasteiger partial charge in [0.05, 0.1) is 16.8 Å². The van der Waals surface area contributed by atoms with Gasteiger partial charge in [-0.1, -0.05) is 43.1 Å². The third kappa shape index (κ3) is 6.69. The quantitative estimate of drug-likeness (QED) is 0.139. The highest BCUT2D eigenvalue weighted by Crippen LogP contribution is 2.28. The summed E-state index contributed by atoms with van der Waals surface area (Å²) < 4.78 is 14.3. The highest BCUT2D eigenvalue weighted by molar-refractivity contribution is 7.16. The number of hydrogen-bond donors (Lipinski definition) is 0. The molecule has 0 fully saturated rings. The van der Waals surface area contributed by atoms with E-state index in [0.29, 0.717) is 30.1 Å². The molecule has 4 rings (SSSR count). The largest absolute Gasteiger partial charge is 0.461 e. The van der Waals surface area contributed by atoms with Crippen LogP contribution < -0.4 is 9.70 Å². The van der Waals surface area contributed by atoms with Gasteiger partial charge in [-0.15, -0.1) is 21.5 Å². The third-order valence-electron chi connectivity index (χ3n) is 5.56. The number of aryl methyl sites for hydroxylation is 1. The minimum absolute atomic E-state index is 0.284. The van der Waals surface area contributed by atoms with E-state index in [9.17, 15) is 4.79 Å². The first-order valence-electron chi connectivity index (χ1n) is 12.1. The van der Waals surface area contributed by atoms with Crippen LogP contribution in [0.1, 0.15) is 23.0 Å². The van der Waals surface area contributed by atoms with Crippen LogP contribution in [-0.2, 0) is 16.2 Å². The first-order chi connectivity index (χ1) is 17.7. The number of anilines is 2. The van der Waals surface area contributed by atoms with Crippen molar-refractivity contribution < 1.29 is 14.3 Å². The molecular formula is C25H32N6O3S2Si. The lowest BCUT2D eigenvalue weighted by Crippen LogP contribution is -2.23. The summed E-state index contributed by atoms with van der Waals surface area (Å²) in [5, 5.41) is 11.1. The van der Waals surface area contributed by atoms with Crippen LogP contribution in [0.3, 0.4) is 0 Å². The fourth-order valence-electron chi connectivity index (χ4n) is 3.41. The molecule has 37 heavy (non-hydrogen) atoms. The molecule has 0 unspecified atom stereocenters. The second-order valence-corrected chi connectivity index (χ2v) is 17.2. The Hall–Kier alpha value is -2.93. The average Bonchev–Trinajstić information content (AvgIpc) is 3.47. The summed E-state index contributed by atoms with van der Waals surface area (Å²) in [4.78, 5) is 23.8. The highest BCUT2D eigenvalue weighted by atomic mass is 32.1. The van der Waals surface area contributed by atoms with E-state index >= 15 is 0 Å². The zero-order valence-corrected chi connectivity index (χ0v) is 24.7. The number of fused-ring (bicyclic) bond motifs is 1. The Morgan fingerprint density at radius 1 is 1.22 bits per heavy atom. The molecule has 0 saturated carbocycles. The number of carbonyl (C=O) groups excluding carboxylic acids is 1. The molecule has 0 spiro atoms. The van der Waals surface area contributed by atoms with Crippen LogP contribution in [0.2, 0.25) is 25.7 Å². The number of hydrogen-bond acceptors (Lipinski definition) is 10. The van der Waals surface area contributed by atoms with Crippen molar-refractivity contribution in [3.05, 3.63) is 51.8 Å². The summed E-state index contributed by atoms with van der Waals surface area (Å²) in [5.74, 6) is 0.724. The van der Waals surface area contributed by atoms with Gasteiger partial charge in [0.15, 0.2) is 27.3 Å². The molecule has 0 saturated heterocycles. The molecule has 0 atom stereocenters. The second-order valence-electron chi connectivity index (χ2n) is 9.74. The first-order valence-corrected chi connectivity index (χ1v) is 17.5. The van der Waals surface area contributed by atoms with Gasteiger partial charge in [0, 0.05) is 27.1 Å². The smallest absolute Gasteiger partial charge is 0.357 e. The van der Waals surface area contributed by atoms with Crippen LogP contribution in [0.25, 0.3) is 10.2 Å². The van der Waals surface area contributed by atoms with E-state index in [1.807, 2.05) is 32.2 Å². The van der Waals surface area contributed by atoms with Crippen LogP contribution in [-0.4, -0.2) is 54.1 Å². The monoisotopic (exact) mass is 556 g/mol. The number of thiazole rings is 2. The summed E-state index contributed by atoms with van der Waals surface area (Å²) >= 11 is 2.95. The Morgan fingerprint density at radius 3 is 2.73 bits per heavy atom. The minimum atomic E-state index is -1.17. The Labute approximate surface area is 225 Å². The number of ether oxygens (including phenoxy) is 2. The van der Waals surface area contributed by atoms with Crippen molar-refractivity contribution in [2.75, 3.05) is 25.2 Å². The van der Waals surface area contributed by atoms with E-state index in [1.54, 1.807) is 28.5 Å². The lowest BCUT2D eigenvalue weighted by Gasteiger charge is -2.16. The zero-order valence-electron chi connectivity index (χ0n) is 22.0. The normalized spacial score (nSPS) is 12.3. The molecule has 1 aromatic carbocycles. The Kier molecular flexibility index (Phi) is 8.52. The molecule has 3 aromatic heterocycles. The maximum atomic E-state index is 12.0. The SMILES string of the molecule is CCOC(=O)c1csc(N(C)c2cc(C)c(N=c3sc4ccccc4n3COCC[Si](C)(C)C)nn2)n1. The molecular weight excluding hydrogens is 525 g/mol. The predicted octanol–water partition coefficient (Wildman–Crippen LogP) is 5.75. The lowest BCUT2D eigenvalue weighted by molar-refractivity contribution is 0.0520. The molecule has 12 heteroatoms. The third-order valence-corrected chi connectivity index (χ3v) is 9.24. The van der Waals surface area contributed by atoms with Gasteiger partial charge < -0.3 is 14.4 Å². The number of para-hydroxylation sites is 1. The van der Waals surface area contributed by atoms with Crippen LogP contribution >= 0.6 is 22.7 Å². The highest BCUT2D eigenvalue weighted by Gasteiger charge is 2.17. The Morgan fingerprint density at radius 2 is 2.00 bits per heavy atom. The van der Waals surface area contributed by atoms with Crippen molar-refractivity contribution in [1.82, 2.24) is 19.7 Å². The molecule has 0 aliphatic heterocycles. The van der Waals surface area contributed by atoms with E-state index < -0.39 is 14.0 Å². The van der Waals surface area contributed by atoms with E-state index in [1.165, 1.54) is 11.3 Å². The number of nitrogens with zero attached hydrogens (tertiary/aromatic N) is 6. The minimum Gasteiger partial charge on any atom is -0.461 e. The number of carbonyl (C=O) groups is 1. The van der Waals surface area contributed by atoms with Gasteiger partial charge in [-0.2, -0.15) is 4.99 Å². The summed E-state index contributed by atoms with van der Waals surface area (Å²) in [7, 11) is 0.673. The van der Waals surface area contributed by atoms with Crippen molar-refractivity contribution in [2.24, 2.45) is 4.99 Å². The number of rotatable bonds is 10. The van der Waals surface area contributed by atoms with Crippen molar-refractivity contribution in [2.45, 2.75) is 46.3 Å². The topological polar surface area (TPSA) is 94.7 Å². The molecule has 0 amide bonds. The number of esters is 1. The van der Waals surface area contributed by atoms with Gasteiger partial charge >= 0.3 is 5.97 Å². The van der Waals surface area contributed by atoms with Gasteiger partial charge in [0.25, 0.3) is 0 Å². The van der Waals surface area contributed by atoms with Gasteiger partial charge in [0.2, 0.25) is 0 Å². The Balaban J connectivity index is 1.59. The van der Waals surface area contributed by atoms with Crippen LogP contribution in [0, 0.1) is 6.92 Å². The standard InChI is InChI=1S/C25H32N6O3S2Si/c1-7-34-23(32)18-15-35-24(26-18)30(3)21-14-17(2)22(29-28-21)27-25-31(16-33-12-13-37(4,5)6)19-10-8-9-11-20(19)36-25/h8-11,14-15H,7,12-13,16H2,1-6H3. The molecule has 4 aromatic rings. The molecule has 9 nitrogen and oxygen atoms in total. The van der Waals surface area contributed by atoms with Crippen molar-refractivity contribution in [3.8, 4) is 0 Å². The molecule has 3 heterocycles. The second kappa shape index (κ2) is 11.6. The summed E-state index contributed by atoms with van der Waals surface area (Å²) in [6, 6.07) is 11.3. The average molecular weight is 557 g/mol. The first kappa shape index (κ1) is 27.1. The summed E-state index contributed by atoms with van der Waals surface area (Å²) in [6.07, 6.45) is 0. The predicted molar refractivity (Wildman–Crippen MR) is 152 cm³/mol. The van der Waals surface area contributed by atoms with Crippen LogP contribution in [0.5, 0.6) is 0 Å². The molecule has 0 N–H and O–H groups in total. The van der Waals surface area contributed by atoms with Crippen molar-refractivity contribution in [1.29, 1.82) is 0 Å². The zero-order chi connectivity index (χ0) is 26.6. The molecule has 196 valence electrons. The molecule has 0 radical (unpaired) electrons. The number of aromatic nitrogens is 4.